The number of nitrogens with zero attached hydrogens (tertiary/aromatic N) is 1. The van der Waals surface area contributed by atoms with Gasteiger partial charge in [0, 0.05) is 12.6 Å². The molecule has 0 aromatic heterocycles. The lowest BCUT2D eigenvalue weighted by molar-refractivity contribution is -0.136. The molecule has 0 atom stereocenters. The van der Waals surface area contributed by atoms with Crippen LogP contribution in [0, 0.1) is 0 Å². The highest BCUT2D eigenvalue weighted by molar-refractivity contribution is 5.91. The lowest BCUT2D eigenvalue weighted by Gasteiger charge is -2.26. The van der Waals surface area contributed by atoms with Crippen LogP contribution in [-0.4, -0.2) is 29.4 Å². The van der Waals surface area contributed by atoms with E-state index in [2.05, 4.69) is 0 Å². The van der Waals surface area contributed by atoms with E-state index in [1.54, 1.807) is 29.2 Å². The summed E-state index contributed by atoms with van der Waals surface area (Å²) in [6.07, 6.45) is 0. The molecule has 1 amide bonds. The van der Waals surface area contributed by atoms with Crippen LogP contribution in [-0.2, 0) is 16.1 Å². The molecule has 0 heterocycles. The van der Waals surface area contributed by atoms with Crippen LogP contribution >= 0.6 is 0 Å². The summed E-state index contributed by atoms with van der Waals surface area (Å²) in [5.41, 5.74) is 1.35. The van der Waals surface area contributed by atoms with Crippen LogP contribution in [0.5, 0.6) is 11.5 Å². The molecule has 5 heteroatoms. The number of rotatable bonds is 8. The van der Waals surface area contributed by atoms with Gasteiger partial charge in [-0.3, -0.25) is 4.79 Å². The van der Waals surface area contributed by atoms with E-state index in [-0.39, 0.29) is 18.6 Å². The fourth-order valence-corrected chi connectivity index (χ4v) is 2.94. The average molecular weight is 403 g/mol. The number of esters is 1. The molecular weight excluding hydrogens is 378 g/mol. The Kier molecular flexibility index (Phi) is 7.22. The molecular formula is C25H25NO4. The monoisotopic (exact) mass is 403 g/mol. The van der Waals surface area contributed by atoms with Gasteiger partial charge in [0.2, 0.25) is 0 Å². The van der Waals surface area contributed by atoms with Gasteiger partial charge in [-0.1, -0.05) is 54.6 Å². The minimum atomic E-state index is -0.565. The van der Waals surface area contributed by atoms with Crippen molar-refractivity contribution >= 4 is 11.9 Å². The molecule has 0 radical (unpaired) electrons. The lowest BCUT2D eigenvalue weighted by Crippen LogP contribution is -2.39. The van der Waals surface area contributed by atoms with Crippen molar-refractivity contribution in [1.29, 1.82) is 0 Å². The minimum Gasteiger partial charge on any atom is -0.457 e. The number of carbonyl (C=O) groups is 2. The van der Waals surface area contributed by atoms with Gasteiger partial charge in [0.1, 0.15) is 11.5 Å². The van der Waals surface area contributed by atoms with Crippen LogP contribution in [0.2, 0.25) is 0 Å². The van der Waals surface area contributed by atoms with Gasteiger partial charge in [0.15, 0.2) is 6.61 Å². The van der Waals surface area contributed by atoms with Crippen LogP contribution < -0.4 is 4.74 Å². The smallest absolute Gasteiger partial charge is 0.338 e. The molecule has 0 aliphatic carbocycles. The normalized spacial score (nSPS) is 10.5. The Balaban J connectivity index is 1.60. The Labute approximate surface area is 176 Å². The molecule has 0 bridgehead atoms. The SMILES string of the molecule is CC(C)N(Cc1ccccc1)C(=O)COC(=O)c1cccc(Oc2ccccc2)c1. The standard InChI is InChI=1S/C25H25NO4/c1-19(2)26(17-20-10-5-3-6-11-20)24(27)18-29-25(28)21-12-9-15-23(16-21)30-22-13-7-4-8-14-22/h3-16,19H,17-18H2,1-2H3. The van der Waals surface area contributed by atoms with Gasteiger partial charge in [-0.25, -0.2) is 4.79 Å². The predicted molar refractivity (Wildman–Crippen MR) is 115 cm³/mol. The van der Waals surface area contributed by atoms with Gasteiger partial charge >= 0.3 is 5.97 Å². The maximum Gasteiger partial charge on any atom is 0.338 e. The zero-order valence-electron chi connectivity index (χ0n) is 17.2. The Morgan fingerprint density at radius 2 is 1.47 bits per heavy atom. The average Bonchev–Trinajstić information content (AvgIpc) is 2.77. The van der Waals surface area contributed by atoms with Gasteiger partial charge in [-0.15, -0.1) is 0 Å². The molecule has 3 aromatic carbocycles. The Hall–Kier alpha value is -3.60. The number of ether oxygens (including phenoxy) is 2. The third kappa shape index (κ3) is 5.95. The predicted octanol–water partition coefficient (Wildman–Crippen LogP) is 5.07. The maximum atomic E-state index is 12.7. The molecule has 0 fully saturated rings. The zero-order valence-corrected chi connectivity index (χ0v) is 17.2. The largest absolute Gasteiger partial charge is 0.457 e. The van der Waals surface area contributed by atoms with Crippen molar-refractivity contribution in [1.82, 2.24) is 4.90 Å². The van der Waals surface area contributed by atoms with E-state index in [1.165, 1.54) is 0 Å². The Morgan fingerprint density at radius 1 is 0.833 bits per heavy atom. The molecule has 3 aromatic rings. The summed E-state index contributed by atoms with van der Waals surface area (Å²) >= 11 is 0. The van der Waals surface area contributed by atoms with E-state index in [1.807, 2.05) is 74.5 Å². The minimum absolute atomic E-state index is 0.0148. The van der Waals surface area contributed by atoms with Crippen LogP contribution in [0.1, 0.15) is 29.8 Å². The second kappa shape index (κ2) is 10.3. The molecule has 30 heavy (non-hydrogen) atoms. The number of hydrogen-bond donors (Lipinski definition) is 0. The molecule has 0 aliphatic heterocycles. The van der Waals surface area contributed by atoms with E-state index in [4.69, 9.17) is 9.47 Å². The van der Waals surface area contributed by atoms with Crippen LogP contribution in [0.25, 0.3) is 0 Å². The van der Waals surface area contributed by atoms with E-state index in [9.17, 15) is 9.59 Å². The molecule has 0 aliphatic rings. The zero-order chi connectivity index (χ0) is 21.3. The molecule has 154 valence electrons. The summed E-state index contributed by atoms with van der Waals surface area (Å²) in [6.45, 7) is 4.03. The maximum absolute atomic E-state index is 12.7. The van der Waals surface area contributed by atoms with Crippen molar-refractivity contribution in [2.45, 2.75) is 26.4 Å². The second-order valence-electron chi connectivity index (χ2n) is 7.12. The number of hydrogen-bond acceptors (Lipinski definition) is 4. The molecule has 0 spiro atoms. The molecule has 0 saturated heterocycles. The van der Waals surface area contributed by atoms with E-state index < -0.39 is 5.97 Å². The topological polar surface area (TPSA) is 55.8 Å². The van der Waals surface area contributed by atoms with Gasteiger partial charge in [-0.05, 0) is 49.7 Å². The van der Waals surface area contributed by atoms with Crippen LogP contribution in [0.4, 0.5) is 0 Å². The van der Waals surface area contributed by atoms with Crippen molar-refractivity contribution in [2.75, 3.05) is 6.61 Å². The number of benzene rings is 3. The summed E-state index contributed by atoms with van der Waals surface area (Å²) in [4.78, 5) is 26.8. The van der Waals surface area contributed by atoms with Crippen LogP contribution in [0.3, 0.4) is 0 Å². The van der Waals surface area contributed by atoms with Crippen molar-refractivity contribution in [3.05, 3.63) is 96.1 Å². The number of amides is 1. The third-order valence-electron chi connectivity index (χ3n) is 4.51. The first kappa shape index (κ1) is 21.1. The summed E-state index contributed by atoms with van der Waals surface area (Å²) in [7, 11) is 0. The Morgan fingerprint density at radius 3 is 2.13 bits per heavy atom. The van der Waals surface area contributed by atoms with Crippen LogP contribution in [0.15, 0.2) is 84.9 Å². The molecule has 0 N–H and O–H groups in total. The molecule has 3 rings (SSSR count). The van der Waals surface area contributed by atoms with E-state index in [0.29, 0.717) is 23.6 Å². The number of carbonyl (C=O) groups excluding carboxylic acids is 2. The molecule has 5 nitrogen and oxygen atoms in total. The quantitative estimate of drug-likeness (QED) is 0.493. The fraction of sp³-hybridized carbons (Fsp3) is 0.200. The first-order valence-electron chi connectivity index (χ1n) is 9.86. The highest BCUT2D eigenvalue weighted by Crippen LogP contribution is 2.22. The van der Waals surface area contributed by atoms with E-state index in [0.717, 1.165) is 5.56 Å². The first-order valence-corrected chi connectivity index (χ1v) is 9.86. The van der Waals surface area contributed by atoms with E-state index >= 15 is 0 Å². The summed E-state index contributed by atoms with van der Waals surface area (Å²) in [6, 6.07) is 25.7. The molecule has 0 unspecified atom stereocenters. The molecule has 0 saturated carbocycles. The second-order valence-corrected chi connectivity index (χ2v) is 7.12. The summed E-state index contributed by atoms with van der Waals surface area (Å²) < 4.78 is 11.0. The third-order valence-corrected chi connectivity index (χ3v) is 4.51. The number of para-hydroxylation sites is 1. The van der Waals surface area contributed by atoms with Gasteiger partial charge in [-0.2, -0.15) is 0 Å². The van der Waals surface area contributed by atoms with Crippen molar-refractivity contribution in [3.8, 4) is 11.5 Å². The van der Waals surface area contributed by atoms with Gasteiger partial charge < -0.3 is 14.4 Å². The van der Waals surface area contributed by atoms with Crippen molar-refractivity contribution < 1.29 is 19.1 Å². The Bertz CT molecular complexity index is 971. The van der Waals surface area contributed by atoms with Gasteiger partial charge in [0.25, 0.3) is 5.91 Å². The van der Waals surface area contributed by atoms with Gasteiger partial charge in [0.05, 0.1) is 5.56 Å². The van der Waals surface area contributed by atoms with Crippen molar-refractivity contribution in [2.24, 2.45) is 0 Å². The first-order chi connectivity index (χ1) is 14.5. The lowest BCUT2D eigenvalue weighted by atomic mass is 10.2. The fourth-order valence-electron chi connectivity index (χ4n) is 2.94. The highest BCUT2D eigenvalue weighted by Gasteiger charge is 2.19. The summed E-state index contributed by atoms with van der Waals surface area (Å²) in [5.74, 6) is 0.394. The highest BCUT2D eigenvalue weighted by atomic mass is 16.5. The van der Waals surface area contributed by atoms with Crippen molar-refractivity contribution in [3.63, 3.8) is 0 Å². The summed E-state index contributed by atoms with van der Waals surface area (Å²) in [5, 5.41) is 0.